The molecule has 256 valence electrons. The molecule has 0 bridgehead atoms. The molecule has 2 aromatic carbocycles. The summed E-state index contributed by atoms with van der Waals surface area (Å²) in [5.74, 6) is -0.206. The van der Waals surface area contributed by atoms with Gasteiger partial charge in [-0.25, -0.2) is 19.3 Å². The maximum absolute atomic E-state index is 13.7. The van der Waals surface area contributed by atoms with E-state index >= 15 is 0 Å². The van der Waals surface area contributed by atoms with Crippen LogP contribution in [0.1, 0.15) is 48.1 Å². The number of nitrogens with one attached hydrogen (secondary N) is 1. The van der Waals surface area contributed by atoms with Gasteiger partial charge in [0.15, 0.2) is 0 Å². The number of nitrogens with zero attached hydrogens (tertiary/aromatic N) is 5. The Bertz CT molecular complexity index is 1770. The number of carboxylic acid groups (broad SMARTS) is 1. The Morgan fingerprint density at radius 2 is 1.92 bits per heavy atom. The molecule has 48 heavy (non-hydrogen) atoms. The number of hydrogen-bond acceptors (Lipinski definition) is 9. The molecule has 0 spiro atoms. The summed E-state index contributed by atoms with van der Waals surface area (Å²) in [4.78, 5) is 36.5. The largest absolute Gasteiger partial charge is 0.554 e. The topological polar surface area (TPSA) is 153 Å². The molecule has 5 rings (SSSR count). The molecule has 0 saturated carbocycles. The Hall–Kier alpha value is -4.94. The molecular formula is C33H37F3N6O6. The van der Waals surface area contributed by atoms with Crippen LogP contribution in [0.5, 0.6) is 0 Å². The standard InChI is InChI=1S/C32H35F3N6O4.CH2O2/c1-20-27(29(42)44-4)28(40-30(37-38-31(40)43)39(20)25-7-5-6-24(17-25)32(33,34)35)26-9-8-22(18-36)16-23(26)10-13-41(2,3)19-21-11-14-45-15-12-21;2-1-3/h5-9,16-17,21,28H,10-15,19H2,1-4H3;1H,(H,2,3). The van der Waals surface area contributed by atoms with E-state index in [1.54, 1.807) is 25.1 Å². The second-order valence-electron chi connectivity index (χ2n) is 12.2. The number of fused-ring (bicyclic) bond motifs is 1. The van der Waals surface area contributed by atoms with Gasteiger partial charge in [0.05, 0.1) is 57.1 Å². The van der Waals surface area contributed by atoms with E-state index in [1.807, 2.05) is 0 Å². The highest BCUT2D eigenvalue weighted by Gasteiger charge is 2.41. The third-order valence-corrected chi connectivity index (χ3v) is 8.63. The van der Waals surface area contributed by atoms with Crippen molar-refractivity contribution in [3.63, 3.8) is 0 Å². The van der Waals surface area contributed by atoms with E-state index in [2.05, 4.69) is 30.4 Å². The summed E-state index contributed by atoms with van der Waals surface area (Å²) in [5, 5.41) is 24.6. The van der Waals surface area contributed by atoms with Gasteiger partial charge in [-0.15, -0.1) is 5.10 Å². The van der Waals surface area contributed by atoms with Gasteiger partial charge in [0.25, 0.3) is 0 Å². The number of allylic oxidation sites excluding steroid dienone is 1. The highest BCUT2D eigenvalue weighted by Crippen LogP contribution is 2.43. The number of halogens is 3. The molecule has 0 radical (unpaired) electrons. The van der Waals surface area contributed by atoms with Crippen LogP contribution in [-0.4, -0.2) is 79.2 Å². The Morgan fingerprint density at radius 1 is 1.23 bits per heavy atom. The Morgan fingerprint density at radius 3 is 2.54 bits per heavy atom. The number of H-pyrrole nitrogens is 1. The van der Waals surface area contributed by atoms with Crippen LogP contribution >= 0.6 is 0 Å². The number of alkyl halides is 3. The monoisotopic (exact) mass is 670 g/mol. The smallest absolute Gasteiger partial charge is 0.416 e. The number of ether oxygens (including phenoxy) is 2. The Labute approximate surface area is 275 Å². The number of methoxy groups -OCH3 is 1. The van der Waals surface area contributed by atoms with Crippen LogP contribution in [0.15, 0.2) is 58.5 Å². The minimum atomic E-state index is -4.61. The number of carbonyl (C=O) groups excluding carboxylic acids is 2. The van der Waals surface area contributed by atoms with Crippen LogP contribution in [0.25, 0.3) is 0 Å². The van der Waals surface area contributed by atoms with E-state index in [9.17, 15) is 28.0 Å². The number of likely N-dealkylation sites (N-methyl/N-ethyl adjacent to an activating group) is 1. The molecule has 3 heterocycles. The zero-order valence-electron chi connectivity index (χ0n) is 27.0. The molecule has 1 unspecified atom stereocenters. The summed E-state index contributed by atoms with van der Waals surface area (Å²) in [6.45, 7) is 4.25. The first-order valence-electron chi connectivity index (χ1n) is 15.2. The molecule has 12 nitrogen and oxygen atoms in total. The van der Waals surface area contributed by atoms with Crippen molar-refractivity contribution < 1.29 is 41.8 Å². The predicted octanol–water partition coefficient (Wildman–Crippen LogP) is 3.06. The highest BCUT2D eigenvalue weighted by molar-refractivity contribution is 5.93. The van der Waals surface area contributed by atoms with Crippen LogP contribution < -0.4 is 15.7 Å². The summed E-state index contributed by atoms with van der Waals surface area (Å²) in [7, 11) is 5.51. The first-order valence-corrected chi connectivity index (χ1v) is 15.2. The van der Waals surface area contributed by atoms with Crippen molar-refractivity contribution >= 4 is 24.1 Å². The van der Waals surface area contributed by atoms with Gasteiger partial charge >= 0.3 is 17.8 Å². The SMILES string of the molecule is COC(=O)C1=C(C)N(c2cccc(C(F)(F)F)c2)c2n[nH]c(=O)n2C1c1ccc(C#N)cc1CC[N+](C)(C)CC1CCOCC1.O=C[O-]. The fraction of sp³-hybridized carbons (Fsp3) is 0.424. The normalized spacial score (nSPS) is 16.8. The van der Waals surface area contributed by atoms with Gasteiger partial charge in [0, 0.05) is 43.4 Å². The number of quaternary nitrogens is 1. The van der Waals surface area contributed by atoms with Gasteiger partial charge in [-0.2, -0.15) is 18.4 Å². The fourth-order valence-electron chi connectivity index (χ4n) is 6.38. The number of esters is 1. The molecule has 1 atom stereocenters. The number of benzene rings is 2. The predicted molar refractivity (Wildman–Crippen MR) is 166 cm³/mol. The number of aromatic amines is 1. The summed E-state index contributed by atoms with van der Waals surface area (Å²) < 4.78 is 53.6. The number of hydrogen-bond donors (Lipinski definition) is 1. The third kappa shape index (κ3) is 7.77. The minimum Gasteiger partial charge on any atom is -0.554 e. The number of nitriles is 1. The third-order valence-electron chi connectivity index (χ3n) is 8.63. The first-order chi connectivity index (χ1) is 22.8. The lowest BCUT2D eigenvalue weighted by molar-refractivity contribution is -0.893. The number of carbonyl (C=O) groups is 2. The van der Waals surface area contributed by atoms with Gasteiger partial charge in [-0.05, 0) is 61.2 Å². The summed E-state index contributed by atoms with van der Waals surface area (Å²) in [6, 6.07) is 10.8. The van der Waals surface area contributed by atoms with Crippen molar-refractivity contribution in [3.05, 3.63) is 86.5 Å². The summed E-state index contributed by atoms with van der Waals surface area (Å²) in [6.07, 6.45) is -2.08. The van der Waals surface area contributed by atoms with Gasteiger partial charge in [-0.1, -0.05) is 12.1 Å². The molecule has 1 fully saturated rings. The number of aromatic nitrogens is 3. The van der Waals surface area contributed by atoms with Gasteiger partial charge in [0.2, 0.25) is 5.95 Å². The van der Waals surface area contributed by atoms with E-state index in [1.165, 1.54) is 28.7 Å². The molecule has 0 amide bonds. The van der Waals surface area contributed by atoms with Crippen molar-refractivity contribution in [1.82, 2.24) is 14.8 Å². The molecule has 1 saturated heterocycles. The van der Waals surface area contributed by atoms with E-state index < -0.39 is 35.9 Å². The molecule has 3 aromatic rings. The molecule has 15 heteroatoms. The average molecular weight is 671 g/mol. The molecular weight excluding hydrogens is 633 g/mol. The fourth-order valence-corrected chi connectivity index (χ4v) is 6.38. The van der Waals surface area contributed by atoms with E-state index in [4.69, 9.17) is 19.4 Å². The second kappa shape index (κ2) is 14.9. The van der Waals surface area contributed by atoms with Crippen LogP contribution in [-0.2, 0) is 31.7 Å². The lowest BCUT2D eigenvalue weighted by Gasteiger charge is -2.37. The molecule has 1 N–H and O–H groups in total. The van der Waals surface area contributed by atoms with Crippen LogP contribution in [0.2, 0.25) is 0 Å². The van der Waals surface area contributed by atoms with Crippen LogP contribution in [0.4, 0.5) is 24.8 Å². The minimum absolute atomic E-state index is 0.0143. The zero-order chi connectivity index (χ0) is 35.2. The van der Waals surface area contributed by atoms with Crippen molar-refractivity contribution in [2.24, 2.45) is 5.92 Å². The number of rotatable bonds is 8. The Kier molecular flexibility index (Phi) is 11.1. The second-order valence-corrected chi connectivity index (χ2v) is 12.2. The van der Waals surface area contributed by atoms with Crippen molar-refractivity contribution in [3.8, 4) is 6.07 Å². The van der Waals surface area contributed by atoms with Crippen molar-refractivity contribution in [1.29, 1.82) is 5.26 Å². The lowest BCUT2D eigenvalue weighted by atomic mass is 9.88. The van der Waals surface area contributed by atoms with E-state index in [0.717, 1.165) is 50.3 Å². The number of anilines is 2. The summed E-state index contributed by atoms with van der Waals surface area (Å²) >= 11 is 0. The lowest BCUT2D eigenvalue weighted by Crippen LogP contribution is -2.46. The van der Waals surface area contributed by atoms with Gasteiger partial charge in [-0.3, -0.25) is 4.90 Å². The van der Waals surface area contributed by atoms with Gasteiger partial charge < -0.3 is 23.9 Å². The zero-order valence-corrected chi connectivity index (χ0v) is 27.0. The summed E-state index contributed by atoms with van der Waals surface area (Å²) in [5.41, 5.74) is 0.601. The van der Waals surface area contributed by atoms with Crippen molar-refractivity contribution in [2.75, 3.05) is 52.4 Å². The Balaban J connectivity index is 0.00000167. The first kappa shape index (κ1) is 35.9. The molecule has 0 aliphatic carbocycles. The maximum Gasteiger partial charge on any atom is 0.416 e. The van der Waals surface area contributed by atoms with Crippen LogP contribution in [0.3, 0.4) is 0 Å². The quantitative estimate of drug-likeness (QED) is 0.217. The van der Waals surface area contributed by atoms with E-state index in [0.29, 0.717) is 34.5 Å². The maximum atomic E-state index is 13.7. The molecule has 2 aliphatic rings. The highest BCUT2D eigenvalue weighted by atomic mass is 19.4. The molecule has 2 aliphatic heterocycles. The van der Waals surface area contributed by atoms with Crippen molar-refractivity contribution in [2.45, 2.75) is 38.4 Å². The van der Waals surface area contributed by atoms with Gasteiger partial charge in [0.1, 0.15) is 6.04 Å². The molecule has 1 aromatic heterocycles. The van der Waals surface area contributed by atoms with Crippen LogP contribution in [0, 0.1) is 17.2 Å². The average Bonchev–Trinajstić information content (AvgIpc) is 3.43. The van der Waals surface area contributed by atoms with E-state index in [-0.39, 0.29) is 22.9 Å².